The molecular weight excluding hydrogens is 500 g/mol. The van der Waals surface area contributed by atoms with E-state index in [1.165, 1.54) is 11.1 Å². The zero-order chi connectivity index (χ0) is 27.1. The Bertz CT molecular complexity index is 1290. The summed E-state index contributed by atoms with van der Waals surface area (Å²) in [5.41, 5.74) is 4.39. The molecule has 2 aromatic carbocycles. The van der Waals surface area contributed by atoms with Gasteiger partial charge in [-0.2, -0.15) is 0 Å². The van der Waals surface area contributed by atoms with E-state index in [1.54, 1.807) is 18.3 Å². The van der Waals surface area contributed by atoms with Crippen molar-refractivity contribution in [3.05, 3.63) is 77.5 Å². The molecule has 1 heterocycles. The SMILES string of the molecule is CC(C)(C)c1cccc(NC(=O)C2CCc3ccc(Oc4ccnc(NC(=O)NCCCCl)c4)cc3C2)c1. The molecule has 1 aliphatic carbocycles. The van der Waals surface area contributed by atoms with Gasteiger partial charge in [0.25, 0.3) is 0 Å². The molecule has 1 aliphatic rings. The Labute approximate surface area is 229 Å². The van der Waals surface area contributed by atoms with Crippen LogP contribution in [0.2, 0.25) is 0 Å². The monoisotopic (exact) mass is 534 g/mol. The lowest BCUT2D eigenvalue weighted by Crippen LogP contribution is -2.30. The Morgan fingerprint density at radius 2 is 1.84 bits per heavy atom. The first kappa shape index (κ1) is 27.5. The Kier molecular flexibility index (Phi) is 8.89. The first-order valence-electron chi connectivity index (χ1n) is 13.0. The highest BCUT2D eigenvalue weighted by Gasteiger charge is 2.25. The molecule has 0 spiro atoms. The summed E-state index contributed by atoms with van der Waals surface area (Å²) < 4.78 is 6.07. The maximum absolute atomic E-state index is 13.1. The van der Waals surface area contributed by atoms with Crippen molar-refractivity contribution >= 4 is 35.0 Å². The zero-order valence-electron chi connectivity index (χ0n) is 22.1. The van der Waals surface area contributed by atoms with Crippen LogP contribution in [-0.2, 0) is 23.1 Å². The van der Waals surface area contributed by atoms with E-state index in [9.17, 15) is 9.59 Å². The fraction of sp³-hybridized carbons (Fsp3) is 0.367. The van der Waals surface area contributed by atoms with Crippen LogP contribution in [0.25, 0.3) is 0 Å². The molecule has 0 fully saturated rings. The van der Waals surface area contributed by atoms with Crippen LogP contribution in [0.5, 0.6) is 11.5 Å². The van der Waals surface area contributed by atoms with E-state index in [2.05, 4.69) is 59.9 Å². The number of nitrogens with zero attached hydrogens (tertiary/aromatic N) is 1. The van der Waals surface area contributed by atoms with Crippen molar-refractivity contribution < 1.29 is 14.3 Å². The van der Waals surface area contributed by atoms with Gasteiger partial charge in [0.1, 0.15) is 17.3 Å². The van der Waals surface area contributed by atoms with Crippen LogP contribution in [-0.4, -0.2) is 29.3 Å². The number of anilines is 2. The minimum absolute atomic E-state index is 0.0171. The molecular formula is C30H35ClN4O3. The standard InChI is InChI=1S/C30H35ClN4O3/c1-30(2,3)23-6-4-7-24(18-23)34-28(36)21-9-8-20-10-11-25(17-22(20)16-21)38-26-12-15-32-27(19-26)35-29(37)33-14-5-13-31/h4,6-7,10-12,15,17-19,21H,5,8-9,13-14,16H2,1-3H3,(H,34,36)(H2,32,33,35,37). The van der Waals surface area contributed by atoms with E-state index in [4.69, 9.17) is 16.3 Å². The number of aromatic nitrogens is 1. The third-order valence-electron chi connectivity index (χ3n) is 6.58. The van der Waals surface area contributed by atoms with Crippen molar-refractivity contribution in [3.63, 3.8) is 0 Å². The van der Waals surface area contributed by atoms with Crippen LogP contribution in [0, 0.1) is 5.92 Å². The number of amides is 3. The van der Waals surface area contributed by atoms with Crippen LogP contribution in [0.1, 0.15) is 50.3 Å². The van der Waals surface area contributed by atoms with Crippen molar-refractivity contribution in [3.8, 4) is 11.5 Å². The molecule has 8 heteroatoms. The molecule has 3 amide bonds. The van der Waals surface area contributed by atoms with Crippen LogP contribution in [0.3, 0.4) is 0 Å². The molecule has 0 radical (unpaired) electrons. The summed E-state index contributed by atoms with van der Waals surface area (Å²) in [5.74, 6) is 2.04. The molecule has 200 valence electrons. The number of halogens is 1. The number of carbonyl (C=O) groups excluding carboxylic acids is 2. The zero-order valence-corrected chi connectivity index (χ0v) is 22.9. The highest BCUT2D eigenvalue weighted by Crippen LogP contribution is 2.32. The molecule has 1 atom stereocenters. The Morgan fingerprint density at radius 3 is 2.63 bits per heavy atom. The van der Waals surface area contributed by atoms with Gasteiger partial charge in [0.15, 0.2) is 0 Å². The van der Waals surface area contributed by atoms with Gasteiger partial charge < -0.3 is 15.4 Å². The van der Waals surface area contributed by atoms with E-state index in [0.29, 0.717) is 42.6 Å². The number of aryl methyl sites for hydroxylation is 1. The summed E-state index contributed by atoms with van der Waals surface area (Å²) in [6.45, 7) is 6.98. The molecule has 3 N–H and O–H groups in total. The van der Waals surface area contributed by atoms with Gasteiger partial charge in [-0.05, 0) is 78.1 Å². The summed E-state index contributed by atoms with van der Waals surface area (Å²) in [6, 6.07) is 17.1. The van der Waals surface area contributed by atoms with Gasteiger partial charge >= 0.3 is 6.03 Å². The fourth-order valence-electron chi connectivity index (χ4n) is 4.44. The summed E-state index contributed by atoms with van der Waals surface area (Å²) in [7, 11) is 0. The van der Waals surface area contributed by atoms with Gasteiger partial charge in [-0.1, -0.05) is 39.0 Å². The third-order valence-corrected chi connectivity index (χ3v) is 6.85. The second kappa shape index (κ2) is 12.3. The molecule has 0 bridgehead atoms. The van der Waals surface area contributed by atoms with Gasteiger partial charge in [0.05, 0.1) is 0 Å². The number of fused-ring (bicyclic) bond motifs is 1. The summed E-state index contributed by atoms with van der Waals surface area (Å²) in [6.07, 6.45) is 4.58. The minimum Gasteiger partial charge on any atom is -0.457 e. The predicted molar refractivity (Wildman–Crippen MR) is 152 cm³/mol. The van der Waals surface area contributed by atoms with Crippen molar-refractivity contribution in [2.24, 2.45) is 5.92 Å². The predicted octanol–water partition coefficient (Wildman–Crippen LogP) is 6.67. The Balaban J connectivity index is 1.39. The molecule has 1 aromatic heterocycles. The number of carbonyl (C=O) groups is 2. The highest BCUT2D eigenvalue weighted by atomic mass is 35.5. The number of ether oxygens (including phenoxy) is 1. The van der Waals surface area contributed by atoms with Crippen molar-refractivity contribution in [1.82, 2.24) is 10.3 Å². The lowest BCUT2D eigenvalue weighted by atomic mass is 9.83. The van der Waals surface area contributed by atoms with Crippen LogP contribution in [0.4, 0.5) is 16.3 Å². The average molecular weight is 535 g/mol. The van der Waals surface area contributed by atoms with Gasteiger partial charge in [0.2, 0.25) is 5.91 Å². The number of nitrogens with one attached hydrogen (secondary N) is 3. The molecule has 4 rings (SSSR count). The van der Waals surface area contributed by atoms with Crippen LogP contribution in [0.15, 0.2) is 60.8 Å². The average Bonchev–Trinajstić information content (AvgIpc) is 2.88. The van der Waals surface area contributed by atoms with Crippen molar-refractivity contribution in [1.29, 1.82) is 0 Å². The number of urea groups is 1. The molecule has 1 unspecified atom stereocenters. The van der Waals surface area contributed by atoms with E-state index in [1.807, 2.05) is 24.3 Å². The summed E-state index contributed by atoms with van der Waals surface area (Å²) >= 11 is 5.64. The smallest absolute Gasteiger partial charge is 0.320 e. The molecule has 0 saturated heterocycles. The maximum atomic E-state index is 13.1. The first-order chi connectivity index (χ1) is 18.2. The largest absolute Gasteiger partial charge is 0.457 e. The second-order valence-corrected chi connectivity index (χ2v) is 11.0. The second-order valence-electron chi connectivity index (χ2n) is 10.6. The Morgan fingerprint density at radius 1 is 1.03 bits per heavy atom. The molecule has 38 heavy (non-hydrogen) atoms. The molecule has 0 aliphatic heterocycles. The first-order valence-corrected chi connectivity index (χ1v) is 13.5. The van der Waals surface area contributed by atoms with E-state index >= 15 is 0 Å². The topological polar surface area (TPSA) is 92.3 Å². The number of hydrogen-bond acceptors (Lipinski definition) is 4. The lowest BCUT2D eigenvalue weighted by Gasteiger charge is -2.25. The number of benzene rings is 2. The normalized spacial score (nSPS) is 14.8. The van der Waals surface area contributed by atoms with Crippen molar-refractivity contribution in [2.75, 3.05) is 23.1 Å². The van der Waals surface area contributed by atoms with E-state index in [-0.39, 0.29) is 23.3 Å². The quantitative estimate of drug-likeness (QED) is 0.222. The summed E-state index contributed by atoms with van der Waals surface area (Å²) in [5, 5.41) is 8.55. The third kappa shape index (κ3) is 7.48. The van der Waals surface area contributed by atoms with Gasteiger partial charge in [-0.25, -0.2) is 9.78 Å². The van der Waals surface area contributed by atoms with Crippen LogP contribution < -0.4 is 20.7 Å². The highest BCUT2D eigenvalue weighted by molar-refractivity contribution is 6.17. The maximum Gasteiger partial charge on any atom is 0.320 e. The molecule has 0 saturated carbocycles. The number of pyridine rings is 1. The minimum atomic E-state index is -0.344. The van der Waals surface area contributed by atoms with Gasteiger partial charge in [0, 0.05) is 36.3 Å². The number of rotatable bonds is 8. The van der Waals surface area contributed by atoms with E-state index in [0.717, 1.165) is 24.1 Å². The van der Waals surface area contributed by atoms with E-state index < -0.39 is 0 Å². The Hall–Kier alpha value is -3.58. The van der Waals surface area contributed by atoms with Crippen molar-refractivity contribution in [2.45, 2.75) is 51.9 Å². The summed E-state index contributed by atoms with van der Waals surface area (Å²) in [4.78, 5) is 29.3. The van der Waals surface area contributed by atoms with Crippen LogP contribution >= 0.6 is 11.6 Å². The fourth-order valence-corrected chi connectivity index (χ4v) is 4.57. The molecule has 7 nitrogen and oxygen atoms in total. The molecule has 3 aromatic rings. The van der Waals surface area contributed by atoms with Gasteiger partial charge in [-0.15, -0.1) is 11.6 Å². The van der Waals surface area contributed by atoms with Gasteiger partial charge in [-0.3, -0.25) is 10.1 Å². The number of alkyl halides is 1. The lowest BCUT2D eigenvalue weighted by molar-refractivity contribution is -0.120. The number of hydrogen-bond donors (Lipinski definition) is 3.